The first-order valence-electron chi connectivity index (χ1n) is 29.2. The molecule has 9 N–H and O–H groups in total. The Labute approximate surface area is 438 Å². The van der Waals surface area contributed by atoms with Crippen LogP contribution in [0.25, 0.3) is 0 Å². The highest BCUT2D eigenvalue weighted by Gasteiger charge is 2.51. The fourth-order valence-corrected chi connectivity index (χ4v) is 10.1. The molecule has 13 nitrogen and oxygen atoms in total. The van der Waals surface area contributed by atoms with E-state index in [2.05, 4.69) is 49.5 Å². The van der Waals surface area contributed by atoms with Gasteiger partial charge in [0.05, 0.1) is 31.3 Å². The Hall–Kier alpha value is -1.74. The summed E-state index contributed by atoms with van der Waals surface area (Å²) in [6.45, 7) is 3.61. The van der Waals surface area contributed by atoms with E-state index < -0.39 is 75.2 Å². The van der Waals surface area contributed by atoms with Gasteiger partial charge in [-0.25, -0.2) is 4.57 Å². The Morgan fingerprint density at radius 3 is 1.35 bits per heavy atom. The van der Waals surface area contributed by atoms with Gasteiger partial charge in [-0.2, -0.15) is 0 Å². The van der Waals surface area contributed by atoms with E-state index in [0.717, 1.165) is 51.4 Å². The molecule has 1 aliphatic carbocycles. The zero-order chi connectivity index (χ0) is 52.9. The van der Waals surface area contributed by atoms with Crippen molar-refractivity contribution in [3.63, 3.8) is 0 Å². The van der Waals surface area contributed by atoms with Crippen molar-refractivity contribution < 1.29 is 59.0 Å². The molecule has 8 atom stereocenters. The second-order valence-electron chi connectivity index (χ2n) is 20.7. The summed E-state index contributed by atoms with van der Waals surface area (Å²) >= 11 is 0. The number of phosphoric acid groups is 1. The van der Waals surface area contributed by atoms with E-state index in [4.69, 9.17) is 9.05 Å². The molecule has 0 spiro atoms. The summed E-state index contributed by atoms with van der Waals surface area (Å²) in [5.41, 5.74) is 0. The Morgan fingerprint density at radius 2 is 0.889 bits per heavy atom. The van der Waals surface area contributed by atoms with Gasteiger partial charge in [0.15, 0.2) is 0 Å². The van der Waals surface area contributed by atoms with Crippen LogP contribution in [0.4, 0.5) is 0 Å². The molecule has 0 aromatic heterocycles. The van der Waals surface area contributed by atoms with Gasteiger partial charge in [-0.15, -0.1) is 0 Å². The number of aliphatic hydroxyl groups is 7. The summed E-state index contributed by atoms with van der Waals surface area (Å²) in [6.07, 6.45) is 45.9. The number of amides is 1. The van der Waals surface area contributed by atoms with E-state index in [0.29, 0.717) is 12.8 Å². The highest BCUT2D eigenvalue weighted by Crippen LogP contribution is 2.47. The molecule has 0 saturated heterocycles. The van der Waals surface area contributed by atoms with Crippen LogP contribution in [0.15, 0.2) is 48.6 Å². The summed E-state index contributed by atoms with van der Waals surface area (Å²) in [7, 11) is -5.14. The molecule has 1 amide bonds. The van der Waals surface area contributed by atoms with Gasteiger partial charge in [0.2, 0.25) is 5.91 Å². The molecule has 8 unspecified atom stereocenters. The molecule has 1 rings (SSSR count). The zero-order valence-corrected chi connectivity index (χ0v) is 46.2. The summed E-state index contributed by atoms with van der Waals surface area (Å²) in [6, 6.07) is -1.26. The zero-order valence-electron chi connectivity index (χ0n) is 45.3. The quantitative estimate of drug-likeness (QED) is 0.0158. The number of hydrogen-bond donors (Lipinski definition) is 9. The van der Waals surface area contributed by atoms with E-state index in [1.807, 2.05) is 6.08 Å². The number of aliphatic hydroxyl groups excluding tert-OH is 7. The van der Waals surface area contributed by atoms with Crippen molar-refractivity contribution in [2.75, 3.05) is 6.61 Å². The lowest BCUT2D eigenvalue weighted by Gasteiger charge is -2.41. The molecule has 72 heavy (non-hydrogen) atoms. The van der Waals surface area contributed by atoms with E-state index >= 15 is 0 Å². The Bertz CT molecular complexity index is 1410. The van der Waals surface area contributed by atoms with Crippen LogP contribution in [0.1, 0.15) is 251 Å². The van der Waals surface area contributed by atoms with Crippen LogP contribution < -0.4 is 5.32 Å². The largest absolute Gasteiger partial charge is 0.472 e. The van der Waals surface area contributed by atoms with Crippen LogP contribution in [-0.2, 0) is 18.4 Å². The molecular formula is C58H108NO12P. The molecule has 0 aromatic rings. The molecule has 422 valence electrons. The monoisotopic (exact) mass is 1040 g/mol. The third-order valence-corrected chi connectivity index (χ3v) is 14.9. The fourth-order valence-electron chi connectivity index (χ4n) is 9.18. The lowest BCUT2D eigenvalue weighted by Crippen LogP contribution is -2.64. The summed E-state index contributed by atoms with van der Waals surface area (Å²) < 4.78 is 22.8. The predicted molar refractivity (Wildman–Crippen MR) is 293 cm³/mol. The Kier molecular flexibility index (Phi) is 44.1. The third kappa shape index (κ3) is 37.1. The maximum absolute atomic E-state index is 13.0. The van der Waals surface area contributed by atoms with Gasteiger partial charge < -0.3 is 46.0 Å². The van der Waals surface area contributed by atoms with Crippen molar-refractivity contribution in [2.24, 2.45) is 0 Å². The third-order valence-electron chi connectivity index (χ3n) is 13.9. The van der Waals surface area contributed by atoms with E-state index in [-0.39, 0.29) is 6.42 Å². The first-order chi connectivity index (χ1) is 34.8. The highest BCUT2D eigenvalue weighted by atomic mass is 31.2. The number of carbonyl (C=O) groups is 1. The SMILES string of the molecule is CCC/C=C/CC/C=C/C(O)C(COP(=O)(O)OC1C(O)C(O)C(O)C(O)C1O)NC(=O)CC(O)CCCCCCCCCCCCCCCCC/C=C\C/C=C\CCCCCCCCCCCCCCC. The van der Waals surface area contributed by atoms with Gasteiger partial charge in [0.1, 0.15) is 36.6 Å². The molecule has 14 heteroatoms. The van der Waals surface area contributed by atoms with Crippen LogP contribution in [0.2, 0.25) is 0 Å². The predicted octanol–water partition coefficient (Wildman–Crippen LogP) is 12.2. The standard InChI is InChI=1S/C58H108NO12P/c1-3-5-7-9-11-12-13-14-15-16-17-18-19-20-21-22-23-24-25-26-27-28-29-30-31-32-33-34-35-36-37-38-40-41-43-45-49(60)47-52(62)59-50(51(61)46-44-42-39-10-8-6-4-2)48-70-72(68,69)71-58-56(66)54(64)53(63)55(65)57(58)67/h8,10,21-22,24-25,44,46,49-51,53-58,60-61,63-67H,3-7,9,11-20,23,26-43,45,47-48H2,1-2H3,(H,59,62)(H,68,69)/b10-8+,22-21-,25-24-,46-44+. The van der Waals surface area contributed by atoms with Crippen LogP contribution in [0, 0.1) is 0 Å². The van der Waals surface area contributed by atoms with E-state index in [1.165, 1.54) is 173 Å². The number of unbranched alkanes of at least 4 members (excludes halogenated alkanes) is 30. The first kappa shape index (κ1) is 68.3. The summed E-state index contributed by atoms with van der Waals surface area (Å²) in [5.74, 6) is -0.606. The van der Waals surface area contributed by atoms with Crippen molar-refractivity contribution in [2.45, 2.75) is 306 Å². The molecule has 1 aliphatic rings. The minimum atomic E-state index is -5.14. The molecular weight excluding hydrogens is 934 g/mol. The van der Waals surface area contributed by atoms with Crippen LogP contribution in [0.5, 0.6) is 0 Å². The number of hydrogen-bond acceptors (Lipinski definition) is 11. The van der Waals surface area contributed by atoms with Gasteiger partial charge in [0.25, 0.3) is 0 Å². The molecule has 0 aromatic carbocycles. The smallest absolute Gasteiger partial charge is 0.393 e. The number of carbonyl (C=O) groups excluding carboxylic acids is 1. The van der Waals surface area contributed by atoms with Crippen LogP contribution in [-0.4, -0.2) is 108 Å². The second kappa shape index (κ2) is 46.6. The maximum atomic E-state index is 13.0. The van der Waals surface area contributed by atoms with Crippen molar-refractivity contribution in [3.8, 4) is 0 Å². The highest BCUT2D eigenvalue weighted by molar-refractivity contribution is 7.47. The normalized spacial score (nSPS) is 21.9. The number of rotatable bonds is 49. The molecule has 1 fully saturated rings. The van der Waals surface area contributed by atoms with Gasteiger partial charge in [-0.1, -0.05) is 236 Å². The Morgan fingerprint density at radius 1 is 0.500 bits per heavy atom. The maximum Gasteiger partial charge on any atom is 0.472 e. The summed E-state index contributed by atoms with van der Waals surface area (Å²) in [4.78, 5) is 23.4. The number of nitrogens with one attached hydrogen (secondary N) is 1. The molecule has 0 heterocycles. The first-order valence-corrected chi connectivity index (χ1v) is 30.7. The average Bonchev–Trinajstić information content (AvgIpc) is 3.36. The van der Waals surface area contributed by atoms with E-state index in [1.54, 1.807) is 6.08 Å². The topological polar surface area (TPSA) is 226 Å². The fraction of sp³-hybridized carbons (Fsp3) is 0.845. The van der Waals surface area contributed by atoms with Crippen molar-refractivity contribution in [3.05, 3.63) is 48.6 Å². The van der Waals surface area contributed by atoms with Gasteiger partial charge >= 0.3 is 7.82 Å². The summed E-state index contributed by atoms with van der Waals surface area (Å²) in [5, 5.41) is 74.3. The Balaban J connectivity index is 2.13. The van der Waals surface area contributed by atoms with Crippen molar-refractivity contribution in [1.29, 1.82) is 0 Å². The lowest BCUT2D eigenvalue weighted by molar-refractivity contribution is -0.220. The average molecular weight is 1040 g/mol. The lowest BCUT2D eigenvalue weighted by atomic mass is 9.85. The minimum absolute atomic E-state index is 0.254. The molecule has 0 radical (unpaired) electrons. The molecule has 0 bridgehead atoms. The number of phosphoric ester groups is 1. The molecule has 0 aliphatic heterocycles. The molecule has 1 saturated carbocycles. The van der Waals surface area contributed by atoms with Gasteiger partial charge in [0, 0.05) is 0 Å². The van der Waals surface area contributed by atoms with Gasteiger partial charge in [-0.05, 0) is 57.8 Å². The van der Waals surface area contributed by atoms with E-state index in [9.17, 15) is 50.0 Å². The number of allylic oxidation sites excluding steroid dienone is 7. The minimum Gasteiger partial charge on any atom is -0.393 e. The van der Waals surface area contributed by atoms with Crippen molar-refractivity contribution >= 4 is 13.7 Å². The van der Waals surface area contributed by atoms with Crippen LogP contribution >= 0.6 is 7.82 Å². The van der Waals surface area contributed by atoms with Crippen molar-refractivity contribution in [1.82, 2.24) is 5.32 Å². The second-order valence-corrected chi connectivity index (χ2v) is 22.1. The van der Waals surface area contributed by atoms with Gasteiger partial charge in [-0.3, -0.25) is 13.8 Å². The van der Waals surface area contributed by atoms with Crippen LogP contribution in [0.3, 0.4) is 0 Å².